The molecule has 6 aromatic carbocycles. The Morgan fingerprint density at radius 1 is 0.489 bits per heavy atom. The molecule has 0 amide bonds. The number of carbonyl (C=O) groups is 2. The zero-order valence-electron chi connectivity index (χ0n) is 26.9. The number of para-hydroxylation sites is 1. The Bertz CT molecular complexity index is 2340. The van der Waals surface area contributed by atoms with Gasteiger partial charge in [0.25, 0.3) is 0 Å². The van der Waals surface area contributed by atoms with Gasteiger partial charge >= 0.3 is 0 Å². The molecule has 0 atom stereocenters. The lowest BCUT2D eigenvalue weighted by Crippen LogP contribution is -2.31. The first-order valence-electron chi connectivity index (χ1n) is 16.3. The molecule has 0 saturated heterocycles. The van der Waals surface area contributed by atoms with Gasteiger partial charge in [0.2, 0.25) is 0 Å². The van der Waals surface area contributed by atoms with Gasteiger partial charge in [-0.1, -0.05) is 100 Å². The summed E-state index contributed by atoms with van der Waals surface area (Å²) in [4.78, 5) is 29.6. The zero-order chi connectivity index (χ0) is 32.2. The molecule has 0 aromatic heterocycles. The average Bonchev–Trinajstić information content (AvgIpc) is 3.45. The van der Waals surface area contributed by atoms with Gasteiger partial charge < -0.3 is 4.90 Å². The van der Waals surface area contributed by atoms with Gasteiger partial charge in [-0.3, -0.25) is 9.59 Å². The Morgan fingerprint density at radius 3 is 1.79 bits per heavy atom. The SMILES string of the molecule is CC1(C)c2ccccc2-c2cc3c(cc21)N(c1ccccc1)c1ccc(C=C2C(=O)c4cc5ccccc5cc4C2=O)cc1C3(C)C. The molecule has 0 spiro atoms. The summed E-state index contributed by atoms with van der Waals surface area (Å²) in [7, 11) is 0. The van der Waals surface area contributed by atoms with Crippen LogP contribution in [0.25, 0.3) is 28.0 Å². The first kappa shape index (κ1) is 27.7. The minimum atomic E-state index is -0.356. The van der Waals surface area contributed by atoms with Crippen molar-refractivity contribution < 1.29 is 9.59 Å². The third kappa shape index (κ3) is 3.80. The molecular weight excluding hydrogens is 574 g/mol. The molecule has 226 valence electrons. The Hall–Kier alpha value is -5.54. The van der Waals surface area contributed by atoms with Gasteiger partial charge in [0.1, 0.15) is 0 Å². The molecule has 3 nitrogen and oxygen atoms in total. The fraction of sp³-hybridized carbons (Fsp3) is 0.136. The van der Waals surface area contributed by atoms with E-state index in [1.54, 1.807) is 6.08 Å². The van der Waals surface area contributed by atoms with E-state index in [1.165, 1.54) is 33.5 Å². The lowest BCUT2D eigenvalue weighted by molar-refractivity contribution is 0.0990. The van der Waals surface area contributed by atoms with E-state index in [1.807, 2.05) is 48.5 Å². The second-order valence-corrected chi connectivity index (χ2v) is 14.1. The lowest BCUT2D eigenvalue weighted by Gasteiger charge is -2.43. The van der Waals surface area contributed by atoms with Crippen molar-refractivity contribution in [2.24, 2.45) is 0 Å². The van der Waals surface area contributed by atoms with E-state index in [0.717, 1.165) is 33.3 Å². The van der Waals surface area contributed by atoms with Crippen molar-refractivity contribution in [2.75, 3.05) is 4.90 Å². The summed E-state index contributed by atoms with van der Waals surface area (Å²) in [5.74, 6) is -0.415. The molecule has 2 aliphatic carbocycles. The molecule has 0 fully saturated rings. The largest absolute Gasteiger partial charge is 0.310 e. The second-order valence-electron chi connectivity index (χ2n) is 14.1. The van der Waals surface area contributed by atoms with Gasteiger partial charge in [0.15, 0.2) is 11.6 Å². The van der Waals surface area contributed by atoms with Crippen LogP contribution in [-0.4, -0.2) is 11.6 Å². The maximum atomic E-state index is 13.6. The molecule has 6 aromatic rings. The van der Waals surface area contributed by atoms with E-state index >= 15 is 0 Å². The molecule has 3 heteroatoms. The van der Waals surface area contributed by atoms with Crippen LogP contribution in [-0.2, 0) is 10.8 Å². The van der Waals surface area contributed by atoms with Crippen molar-refractivity contribution >= 4 is 45.5 Å². The van der Waals surface area contributed by atoms with Gasteiger partial charge in [-0.15, -0.1) is 0 Å². The van der Waals surface area contributed by atoms with Crippen molar-refractivity contribution in [1.29, 1.82) is 0 Å². The van der Waals surface area contributed by atoms with E-state index in [4.69, 9.17) is 0 Å². The maximum Gasteiger partial charge on any atom is 0.197 e. The number of nitrogens with zero attached hydrogens (tertiary/aromatic N) is 1. The lowest BCUT2D eigenvalue weighted by atomic mass is 9.71. The third-order valence-electron chi connectivity index (χ3n) is 10.7. The second kappa shape index (κ2) is 9.49. The highest BCUT2D eigenvalue weighted by Crippen LogP contribution is 2.57. The van der Waals surface area contributed by atoms with E-state index < -0.39 is 0 Å². The van der Waals surface area contributed by atoms with Crippen LogP contribution in [0.4, 0.5) is 17.1 Å². The van der Waals surface area contributed by atoms with Crippen LogP contribution in [0.2, 0.25) is 0 Å². The quantitative estimate of drug-likeness (QED) is 0.145. The zero-order valence-corrected chi connectivity index (χ0v) is 26.9. The highest BCUT2D eigenvalue weighted by atomic mass is 16.2. The van der Waals surface area contributed by atoms with E-state index in [2.05, 4.69) is 105 Å². The van der Waals surface area contributed by atoms with Gasteiger partial charge in [-0.05, 0) is 104 Å². The number of benzene rings is 6. The predicted molar refractivity (Wildman–Crippen MR) is 191 cm³/mol. The molecule has 9 rings (SSSR count). The van der Waals surface area contributed by atoms with Crippen LogP contribution in [0.15, 0.2) is 127 Å². The smallest absolute Gasteiger partial charge is 0.197 e. The Morgan fingerprint density at radius 2 is 1.09 bits per heavy atom. The number of anilines is 3. The Kier molecular flexibility index (Phi) is 5.60. The fourth-order valence-corrected chi connectivity index (χ4v) is 8.20. The van der Waals surface area contributed by atoms with E-state index in [0.29, 0.717) is 11.1 Å². The highest BCUT2D eigenvalue weighted by molar-refractivity contribution is 6.42. The van der Waals surface area contributed by atoms with Crippen molar-refractivity contribution in [3.63, 3.8) is 0 Å². The van der Waals surface area contributed by atoms with Crippen molar-refractivity contribution in [3.8, 4) is 11.1 Å². The first-order valence-corrected chi connectivity index (χ1v) is 16.3. The normalized spacial score (nSPS) is 16.4. The number of hydrogen-bond donors (Lipinski definition) is 0. The summed E-state index contributed by atoms with van der Waals surface area (Å²) in [5, 5.41) is 1.92. The summed E-state index contributed by atoms with van der Waals surface area (Å²) in [5.41, 5.74) is 12.6. The molecule has 0 N–H and O–H groups in total. The van der Waals surface area contributed by atoms with Crippen LogP contribution in [0.1, 0.15) is 76.2 Å². The number of Topliss-reactive ketones (excluding diaryl/α,β-unsaturated/α-hetero) is 2. The monoisotopic (exact) mass is 607 g/mol. The summed E-state index contributed by atoms with van der Waals surface area (Å²) in [6.07, 6.45) is 1.79. The van der Waals surface area contributed by atoms with Crippen LogP contribution < -0.4 is 4.90 Å². The van der Waals surface area contributed by atoms with Gasteiger partial charge in [0, 0.05) is 27.6 Å². The molecule has 3 aliphatic rings. The van der Waals surface area contributed by atoms with Gasteiger partial charge in [-0.25, -0.2) is 0 Å². The van der Waals surface area contributed by atoms with Crippen molar-refractivity contribution in [3.05, 3.63) is 166 Å². The number of ketones is 2. The molecule has 1 heterocycles. The summed E-state index contributed by atoms with van der Waals surface area (Å²) >= 11 is 0. The molecule has 1 aliphatic heterocycles. The number of fused-ring (bicyclic) bond motifs is 7. The Labute approximate surface area is 274 Å². The molecule has 0 saturated carbocycles. The topological polar surface area (TPSA) is 37.4 Å². The number of allylic oxidation sites excluding steroid dienone is 1. The van der Waals surface area contributed by atoms with E-state index in [9.17, 15) is 9.59 Å². The summed E-state index contributed by atoms with van der Waals surface area (Å²) < 4.78 is 0. The molecular formula is C44H33NO2. The number of hydrogen-bond acceptors (Lipinski definition) is 3. The molecule has 0 unspecified atom stereocenters. The maximum absolute atomic E-state index is 13.6. The molecule has 0 bridgehead atoms. The third-order valence-corrected chi connectivity index (χ3v) is 10.7. The van der Waals surface area contributed by atoms with Gasteiger partial charge in [0.05, 0.1) is 16.9 Å². The molecule has 47 heavy (non-hydrogen) atoms. The summed E-state index contributed by atoms with van der Waals surface area (Å²) in [6.45, 7) is 9.22. The predicted octanol–water partition coefficient (Wildman–Crippen LogP) is 10.7. The van der Waals surface area contributed by atoms with Crippen LogP contribution >= 0.6 is 0 Å². The van der Waals surface area contributed by atoms with Gasteiger partial charge in [-0.2, -0.15) is 0 Å². The van der Waals surface area contributed by atoms with Crippen molar-refractivity contribution in [1.82, 2.24) is 0 Å². The van der Waals surface area contributed by atoms with Crippen LogP contribution in [0.5, 0.6) is 0 Å². The number of carbonyl (C=O) groups excluding carboxylic acids is 2. The minimum absolute atomic E-state index is 0.118. The summed E-state index contributed by atoms with van der Waals surface area (Å²) in [6, 6.07) is 42.1. The highest BCUT2D eigenvalue weighted by Gasteiger charge is 2.42. The molecule has 0 radical (unpaired) electrons. The van der Waals surface area contributed by atoms with Crippen LogP contribution in [0.3, 0.4) is 0 Å². The number of rotatable bonds is 2. The Balaban J connectivity index is 1.22. The van der Waals surface area contributed by atoms with Crippen molar-refractivity contribution in [2.45, 2.75) is 38.5 Å². The average molecular weight is 608 g/mol. The van der Waals surface area contributed by atoms with E-state index in [-0.39, 0.29) is 28.0 Å². The fourth-order valence-electron chi connectivity index (χ4n) is 8.20. The first-order chi connectivity index (χ1) is 22.6. The minimum Gasteiger partial charge on any atom is -0.310 e. The van der Waals surface area contributed by atoms with Crippen LogP contribution in [0, 0.1) is 0 Å². The standard InChI is InChI=1S/C44H33NO2/c1-43(2)35-17-11-10-16-30(35)31-24-38-40(25-36(31)43)45(29-14-6-5-7-15-29)39-19-18-26(21-37(39)44(38,3)4)20-34-41(46)32-22-27-12-8-9-13-28(27)23-33(32)42(34)47/h5-25H,1-4H3.